The molecule has 1 aromatic carbocycles. The standard InChI is InChI=1S/C14H16N6/c1-9-4-2-3-5-10(9)6-7-16-12-11-13(18-8-17-11)20-14(15)19-12/h2-5,8H,6-7H2,1H3,(H4,15,16,17,18,19,20). The summed E-state index contributed by atoms with van der Waals surface area (Å²) in [5.74, 6) is 0.918. The summed E-state index contributed by atoms with van der Waals surface area (Å²) >= 11 is 0. The van der Waals surface area contributed by atoms with Crippen LogP contribution < -0.4 is 11.1 Å². The summed E-state index contributed by atoms with van der Waals surface area (Å²) in [5, 5.41) is 3.29. The van der Waals surface area contributed by atoms with E-state index in [4.69, 9.17) is 5.73 Å². The molecule has 4 N–H and O–H groups in total. The number of nitrogen functional groups attached to an aromatic ring is 1. The molecular weight excluding hydrogens is 252 g/mol. The van der Waals surface area contributed by atoms with Gasteiger partial charge in [-0.3, -0.25) is 0 Å². The molecule has 3 rings (SSSR count). The zero-order chi connectivity index (χ0) is 13.9. The maximum absolute atomic E-state index is 5.67. The van der Waals surface area contributed by atoms with Gasteiger partial charge in [-0.1, -0.05) is 24.3 Å². The number of nitrogens with zero attached hydrogens (tertiary/aromatic N) is 3. The van der Waals surface area contributed by atoms with Gasteiger partial charge in [0, 0.05) is 6.54 Å². The summed E-state index contributed by atoms with van der Waals surface area (Å²) in [7, 11) is 0. The van der Waals surface area contributed by atoms with Crippen LogP contribution in [-0.4, -0.2) is 26.5 Å². The molecule has 3 aromatic rings. The van der Waals surface area contributed by atoms with Crippen molar-refractivity contribution in [2.45, 2.75) is 13.3 Å². The van der Waals surface area contributed by atoms with Crippen molar-refractivity contribution in [2.24, 2.45) is 0 Å². The lowest BCUT2D eigenvalue weighted by Gasteiger charge is -2.08. The number of nitrogens with one attached hydrogen (secondary N) is 2. The molecule has 0 aliphatic carbocycles. The Hall–Kier alpha value is -2.63. The lowest BCUT2D eigenvalue weighted by atomic mass is 10.1. The molecule has 0 saturated carbocycles. The van der Waals surface area contributed by atoms with Gasteiger partial charge in [0.1, 0.15) is 5.52 Å². The molecule has 102 valence electrons. The average molecular weight is 268 g/mol. The first kappa shape index (κ1) is 12.4. The molecule has 20 heavy (non-hydrogen) atoms. The topological polar surface area (TPSA) is 92.5 Å². The minimum Gasteiger partial charge on any atom is -0.368 e. The van der Waals surface area contributed by atoms with Gasteiger partial charge in [0.15, 0.2) is 11.5 Å². The van der Waals surface area contributed by atoms with Gasteiger partial charge in [0.25, 0.3) is 0 Å². The van der Waals surface area contributed by atoms with Crippen molar-refractivity contribution in [1.29, 1.82) is 0 Å². The minimum atomic E-state index is 0.225. The number of aromatic amines is 1. The first-order chi connectivity index (χ1) is 9.74. The van der Waals surface area contributed by atoms with Crippen molar-refractivity contribution in [3.8, 4) is 0 Å². The smallest absolute Gasteiger partial charge is 0.224 e. The van der Waals surface area contributed by atoms with Crippen molar-refractivity contribution in [1.82, 2.24) is 19.9 Å². The van der Waals surface area contributed by atoms with Crippen LogP contribution in [0.25, 0.3) is 11.2 Å². The molecule has 0 atom stereocenters. The highest BCUT2D eigenvalue weighted by Gasteiger charge is 2.07. The van der Waals surface area contributed by atoms with Crippen molar-refractivity contribution in [3.05, 3.63) is 41.7 Å². The van der Waals surface area contributed by atoms with Crippen LogP contribution in [0.5, 0.6) is 0 Å². The van der Waals surface area contributed by atoms with Crippen LogP contribution in [-0.2, 0) is 6.42 Å². The van der Waals surface area contributed by atoms with Gasteiger partial charge in [-0.2, -0.15) is 9.97 Å². The number of nitrogens with two attached hydrogens (primary N) is 1. The number of imidazole rings is 1. The van der Waals surface area contributed by atoms with Crippen LogP contribution in [0.15, 0.2) is 30.6 Å². The second-order valence-corrected chi connectivity index (χ2v) is 4.63. The Kier molecular flexibility index (Phi) is 3.20. The third kappa shape index (κ3) is 2.40. The Bertz CT molecular complexity index is 733. The summed E-state index contributed by atoms with van der Waals surface area (Å²) in [6.45, 7) is 2.89. The average Bonchev–Trinajstić information content (AvgIpc) is 2.89. The van der Waals surface area contributed by atoms with Crippen molar-refractivity contribution >= 4 is 22.9 Å². The Balaban J connectivity index is 1.74. The van der Waals surface area contributed by atoms with E-state index in [0.29, 0.717) is 11.5 Å². The highest BCUT2D eigenvalue weighted by Crippen LogP contribution is 2.17. The van der Waals surface area contributed by atoms with E-state index in [1.165, 1.54) is 11.1 Å². The van der Waals surface area contributed by atoms with Gasteiger partial charge in [-0.05, 0) is 24.5 Å². The molecule has 0 fully saturated rings. The molecule has 0 aliphatic heterocycles. The summed E-state index contributed by atoms with van der Waals surface area (Å²) in [4.78, 5) is 15.4. The number of anilines is 2. The number of rotatable bonds is 4. The number of H-pyrrole nitrogens is 1. The summed E-state index contributed by atoms with van der Waals surface area (Å²) < 4.78 is 0. The van der Waals surface area contributed by atoms with E-state index in [-0.39, 0.29) is 5.95 Å². The van der Waals surface area contributed by atoms with Crippen molar-refractivity contribution < 1.29 is 0 Å². The zero-order valence-corrected chi connectivity index (χ0v) is 11.2. The number of aryl methyl sites for hydroxylation is 1. The largest absolute Gasteiger partial charge is 0.368 e. The molecule has 0 spiro atoms. The zero-order valence-electron chi connectivity index (χ0n) is 11.2. The van der Waals surface area contributed by atoms with Crippen LogP contribution in [0.2, 0.25) is 0 Å². The highest BCUT2D eigenvalue weighted by molar-refractivity contribution is 5.83. The fourth-order valence-electron chi connectivity index (χ4n) is 2.18. The van der Waals surface area contributed by atoms with Crippen LogP contribution in [0, 0.1) is 6.92 Å². The van der Waals surface area contributed by atoms with Crippen LogP contribution >= 0.6 is 0 Å². The van der Waals surface area contributed by atoms with E-state index in [1.807, 2.05) is 6.07 Å². The first-order valence-electron chi connectivity index (χ1n) is 6.49. The maximum Gasteiger partial charge on any atom is 0.224 e. The molecule has 0 bridgehead atoms. The number of fused-ring (bicyclic) bond motifs is 1. The molecule has 0 amide bonds. The lowest BCUT2D eigenvalue weighted by Crippen LogP contribution is -2.09. The molecule has 0 aliphatic rings. The van der Waals surface area contributed by atoms with E-state index in [9.17, 15) is 0 Å². The Morgan fingerprint density at radius 3 is 2.95 bits per heavy atom. The molecule has 0 radical (unpaired) electrons. The monoisotopic (exact) mass is 268 g/mol. The van der Waals surface area contributed by atoms with Gasteiger partial charge < -0.3 is 16.0 Å². The Labute approximate surface area is 116 Å². The maximum atomic E-state index is 5.67. The minimum absolute atomic E-state index is 0.225. The van der Waals surface area contributed by atoms with Gasteiger partial charge in [0.2, 0.25) is 5.95 Å². The number of aromatic nitrogens is 4. The van der Waals surface area contributed by atoms with Crippen molar-refractivity contribution in [2.75, 3.05) is 17.6 Å². The van der Waals surface area contributed by atoms with Gasteiger partial charge in [0.05, 0.1) is 6.33 Å². The Morgan fingerprint density at radius 2 is 2.10 bits per heavy atom. The molecule has 6 nitrogen and oxygen atoms in total. The SMILES string of the molecule is Cc1ccccc1CCNc1nc(N)nc2nc[nH]c12. The van der Waals surface area contributed by atoms with Gasteiger partial charge >= 0.3 is 0 Å². The quantitative estimate of drug-likeness (QED) is 0.672. The van der Waals surface area contributed by atoms with Gasteiger partial charge in [-0.25, -0.2) is 4.98 Å². The molecule has 0 saturated heterocycles. The van der Waals surface area contributed by atoms with Crippen LogP contribution in [0.4, 0.5) is 11.8 Å². The van der Waals surface area contributed by atoms with E-state index in [2.05, 4.69) is 50.4 Å². The second-order valence-electron chi connectivity index (χ2n) is 4.63. The fraction of sp³-hybridized carbons (Fsp3) is 0.214. The van der Waals surface area contributed by atoms with Gasteiger partial charge in [-0.15, -0.1) is 0 Å². The normalized spacial score (nSPS) is 10.8. The summed E-state index contributed by atoms with van der Waals surface area (Å²) in [5.41, 5.74) is 9.65. The number of benzene rings is 1. The molecule has 2 aromatic heterocycles. The van der Waals surface area contributed by atoms with Crippen LogP contribution in [0.3, 0.4) is 0 Å². The molecule has 0 unspecified atom stereocenters. The fourth-order valence-corrected chi connectivity index (χ4v) is 2.18. The molecule has 6 heteroatoms. The van der Waals surface area contributed by atoms with Crippen LogP contribution in [0.1, 0.15) is 11.1 Å². The summed E-state index contributed by atoms with van der Waals surface area (Å²) in [6.07, 6.45) is 2.51. The number of hydrogen-bond acceptors (Lipinski definition) is 5. The van der Waals surface area contributed by atoms with E-state index >= 15 is 0 Å². The molecule has 2 heterocycles. The predicted molar refractivity (Wildman–Crippen MR) is 79.5 cm³/mol. The van der Waals surface area contributed by atoms with Crippen molar-refractivity contribution in [3.63, 3.8) is 0 Å². The first-order valence-corrected chi connectivity index (χ1v) is 6.49. The lowest BCUT2D eigenvalue weighted by molar-refractivity contribution is 0.994. The highest BCUT2D eigenvalue weighted by atomic mass is 15.1. The van der Waals surface area contributed by atoms with E-state index < -0.39 is 0 Å². The third-order valence-electron chi connectivity index (χ3n) is 3.25. The summed E-state index contributed by atoms with van der Waals surface area (Å²) in [6, 6.07) is 8.35. The second kappa shape index (κ2) is 5.16. The van der Waals surface area contributed by atoms with E-state index in [0.717, 1.165) is 18.5 Å². The third-order valence-corrected chi connectivity index (χ3v) is 3.25. The number of hydrogen-bond donors (Lipinski definition) is 3. The van der Waals surface area contributed by atoms with E-state index in [1.54, 1.807) is 6.33 Å². The molecular formula is C14H16N6. The predicted octanol–water partition coefficient (Wildman–Crippen LogP) is 1.90. The Morgan fingerprint density at radius 1 is 1.25 bits per heavy atom.